The Balaban J connectivity index is 2.96. The molecular formula is C11H21BN2O2. The lowest BCUT2D eigenvalue weighted by Crippen LogP contribution is -2.41. The lowest BCUT2D eigenvalue weighted by molar-refractivity contribution is 0.00578. The molecule has 1 fully saturated rings. The largest absolute Gasteiger partial charge is 0.498 e. The molecule has 1 rings (SSSR count). The van der Waals surface area contributed by atoms with E-state index in [9.17, 15) is 0 Å². The molecule has 1 saturated heterocycles. The van der Waals surface area contributed by atoms with Gasteiger partial charge in [0.05, 0.1) is 11.2 Å². The number of allylic oxidation sites excluding steroid dienone is 1. The lowest BCUT2D eigenvalue weighted by Gasteiger charge is -2.32. The van der Waals surface area contributed by atoms with Crippen LogP contribution >= 0.6 is 0 Å². The van der Waals surface area contributed by atoms with Gasteiger partial charge in [0, 0.05) is 18.2 Å². The maximum atomic E-state index is 5.89. The van der Waals surface area contributed by atoms with Crippen molar-refractivity contribution in [1.29, 1.82) is 0 Å². The molecule has 2 N–H and O–H groups in total. The highest BCUT2D eigenvalue weighted by atomic mass is 16.7. The number of hydrogen-bond donors (Lipinski definition) is 1. The van der Waals surface area contributed by atoms with Crippen molar-refractivity contribution in [2.24, 2.45) is 10.7 Å². The van der Waals surface area contributed by atoms with Gasteiger partial charge < -0.3 is 15.0 Å². The van der Waals surface area contributed by atoms with Crippen molar-refractivity contribution in [2.45, 2.75) is 45.8 Å². The Morgan fingerprint density at radius 3 is 1.94 bits per heavy atom. The van der Waals surface area contributed by atoms with Crippen molar-refractivity contribution in [3.8, 4) is 0 Å². The van der Waals surface area contributed by atoms with E-state index >= 15 is 0 Å². The van der Waals surface area contributed by atoms with Crippen LogP contribution in [0.15, 0.2) is 16.7 Å². The topological polar surface area (TPSA) is 56.8 Å². The Hall–Kier alpha value is -0.805. The summed E-state index contributed by atoms with van der Waals surface area (Å²) in [7, 11) is 1.29. The maximum Gasteiger partial charge on any atom is 0.498 e. The van der Waals surface area contributed by atoms with Crippen LogP contribution in [0, 0.1) is 0 Å². The Labute approximate surface area is 98.0 Å². The highest BCUT2D eigenvalue weighted by molar-refractivity contribution is 6.62. The van der Waals surface area contributed by atoms with Gasteiger partial charge in [0.1, 0.15) is 0 Å². The van der Waals surface area contributed by atoms with Crippen molar-refractivity contribution < 1.29 is 9.31 Å². The van der Waals surface area contributed by atoms with Crippen LogP contribution in [0.3, 0.4) is 0 Å². The van der Waals surface area contributed by atoms with Crippen molar-refractivity contribution in [3.05, 3.63) is 11.7 Å². The molecule has 0 atom stereocenters. The fraction of sp³-hybridized carbons (Fsp3) is 0.727. The molecule has 0 aromatic rings. The van der Waals surface area contributed by atoms with Gasteiger partial charge >= 0.3 is 7.12 Å². The summed E-state index contributed by atoms with van der Waals surface area (Å²) in [5.74, 6) is 0. The zero-order valence-corrected chi connectivity index (χ0v) is 11.0. The number of rotatable bonds is 2. The normalized spacial score (nSPS) is 25.0. The predicted octanol–water partition coefficient (Wildman–Crippen LogP) is 1.55. The average molecular weight is 224 g/mol. The first-order chi connectivity index (χ1) is 7.25. The van der Waals surface area contributed by atoms with Gasteiger partial charge in [-0.2, -0.15) is 0 Å². The average Bonchev–Trinajstić information content (AvgIpc) is 2.36. The Kier molecular flexibility index (Phi) is 3.50. The third kappa shape index (κ3) is 2.15. The predicted molar refractivity (Wildman–Crippen MR) is 67.4 cm³/mol. The van der Waals surface area contributed by atoms with Crippen molar-refractivity contribution in [1.82, 2.24) is 0 Å². The Morgan fingerprint density at radius 2 is 1.62 bits per heavy atom. The summed E-state index contributed by atoms with van der Waals surface area (Å²) in [6, 6.07) is 0. The van der Waals surface area contributed by atoms with Gasteiger partial charge in [-0.25, -0.2) is 0 Å². The van der Waals surface area contributed by atoms with Crippen LogP contribution in [-0.2, 0) is 9.31 Å². The van der Waals surface area contributed by atoms with E-state index in [0.29, 0.717) is 0 Å². The van der Waals surface area contributed by atoms with Crippen LogP contribution in [0.4, 0.5) is 0 Å². The summed E-state index contributed by atoms with van der Waals surface area (Å²) >= 11 is 0. The van der Waals surface area contributed by atoms with Crippen molar-refractivity contribution >= 4 is 12.8 Å². The highest BCUT2D eigenvalue weighted by Crippen LogP contribution is 2.38. The first-order valence-electron chi connectivity index (χ1n) is 5.46. The summed E-state index contributed by atoms with van der Waals surface area (Å²) in [5, 5.41) is 0. The molecule has 0 aromatic heterocycles. The van der Waals surface area contributed by atoms with Gasteiger partial charge in [-0.15, -0.1) is 0 Å². The molecule has 0 saturated carbocycles. The second kappa shape index (κ2) is 4.22. The number of aliphatic imine (C=N–C) groups is 1. The van der Waals surface area contributed by atoms with Gasteiger partial charge in [-0.05, 0) is 40.8 Å². The second-order valence-electron chi connectivity index (χ2n) is 5.02. The van der Waals surface area contributed by atoms with E-state index in [-0.39, 0.29) is 11.2 Å². The molecule has 1 aliphatic rings. The minimum atomic E-state index is -0.432. The van der Waals surface area contributed by atoms with Crippen molar-refractivity contribution in [2.75, 3.05) is 7.05 Å². The van der Waals surface area contributed by atoms with Gasteiger partial charge in [0.2, 0.25) is 0 Å². The summed E-state index contributed by atoms with van der Waals surface area (Å²) in [6.45, 7) is 9.95. The summed E-state index contributed by atoms with van der Waals surface area (Å²) in [4.78, 5) is 4.11. The highest BCUT2D eigenvalue weighted by Gasteiger charge is 2.52. The van der Waals surface area contributed by atoms with Gasteiger partial charge in [0.15, 0.2) is 0 Å². The monoisotopic (exact) mass is 224 g/mol. The first kappa shape index (κ1) is 13.3. The van der Waals surface area contributed by atoms with E-state index in [2.05, 4.69) is 4.99 Å². The fourth-order valence-electron chi connectivity index (χ4n) is 1.47. The molecule has 0 aromatic carbocycles. The lowest BCUT2D eigenvalue weighted by atomic mass is 9.76. The zero-order chi connectivity index (χ0) is 12.6. The van der Waals surface area contributed by atoms with Gasteiger partial charge in [-0.3, -0.25) is 4.99 Å². The zero-order valence-electron chi connectivity index (χ0n) is 11.0. The van der Waals surface area contributed by atoms with Crippen LogP contribution in [0.5, 0.6) is 0 Å². The van der Waals surface area contributed by atoms with E-state index < -0.39 is 7.12 Å². The number of hydrogen-bond acceptors (Lipinski definition) is 4. The van der Waals surface area contributed by atoms with Crippen LogP contribution < -0.4 is 5.73 Å². The van der Waals surface area contributed by atoms with Crippen molar-refractivity contribution in [3.63, 3.8) is 0 Å². The molecule has 16 heavy (non-hydrogen) atoms. The molecule has 4 nitrogen and oxygen atoms in total. The molecule has 0 bridgehead atoms. The van der Waals surface area contributed by atoms with E-state index in [0.717, 1.165) is 11.2 Å². The van der Waals surface area contributed by atoms with E-state index in [1.807, 2.05) is 34.6 Å². The van der Waals surface area contributed by atoms with Crippen LogP contribution in [-0.4, -0.2) is 31.1 Å². The van der Waals surface area contributed by atoms with Gasteiger partial charge in [0.25, 0.3) is 0 Å². The molecule has 1 heterocycles. The molecule has 0 unspecified atom stereocenters. The number of nitrogens with two attached hydrogens (primary N) is 1. The summed E-state index contributed by atoms with van der Waals surface area (Å²) in [6.07, 6.45) is 1.50. The SMILES string of the molecule is CN=C(C)/C(=C\N)B1OC(C)(C)C(C)(C)O1. The maximum absolute atomic E-state index is 5.89. The number of nitrogens with zero attached hydrogens (tertiary/aromatic N) is 1. The van der Waals surface area contributed by atoms with Gasteiger partial charge in [-0.1, -0.05) is 0 Å². The molecule has 0 spiro atoms. The van der Waals surface area contributed by atoms with E-state index in [1.165, 1.54) is 6.20 Å². The first-order valence-corrected chi connectivity index (χ1v) is 5.46. The van der Waals surface area contributed by atoms with E-state index in [4.69, 9.17) is 15.0 Å². The Bertz CT molecular complexity index is 319. The van der Waals surface area contributed by atoms with Crippen LogP contribution in [0.25, 0.3) is 0 Å². The summed E-state index contributed by atoms with van der Waals surface area (Å²) in [5.41, 5.74) is 6.54. The molecule has 5 heteroatoms. The second-order valence-corrected chi connectivity index (χ2v) is 5.02. The van der Waals surface area contributed by atoms with E-state index in [1.54, 1.807) is 7.05 Å². The fourth-order valence-corrected chi connectivity index (χ4v) is 1.47. The molecule has 1 aliphatic heterocycles. The third-order valence-corrected chi connectivity index (χ3v) is 3.44. The standard InChI is InChI=1S/C11H21BN2O2/c1-8(14-6)9(7-13)12-15-10(2,3)11(4,5)16-12/h7H,13H2,1-6H3/b9-7+,14-8?. The molecule has 90 valence electrons. The Morgan fingerprint density at radius 1 is 1.19 bits per heavy atom. The van der Waals surface area contributed by atoms with Crippen LogP contribution in [0.1, 0.15) is 34.6 Å². The summed E-state index contributed by atoms with van der Waals surface area (Å²) < 4.78 is 11.8. The van der Waals surface area contributed by atoms with Crippen LogP contribution in [0.2, 0.25) is 0 Å². The molecular weight excluding hydrogens is 203 g/mol. The minimum Gasteiger partial charge on any atom is -0.405 e. The molecule has 0 aliphatic carbocycles. The third-order valence-electron chi connectivity index (χ3n) is 3.44. The molecule has 0 radical (unpaired) electrons. The molecule has 0 amide bonds. The quantitative estimate of drug-likeness (QED) is 0.571. The smallest absolute Gasteiger partial charge is 0.405 e. The minimum absolute atomic E-state index is 0.347.